The fraction of sp³-hybridized carbons (Fsp3) is 0.500. The average Bonchev–Trinajstić information content (AvgIpc) is 3.27. The number of hydrogen-bond donors (Lipinski definition) is 1. The maximum Gasteiger partial charge on any atom is 0.281 e. The number of rotatable bonds is 6. The van der Waals surface area contributed by atoms with Gasteiger partial charge in [0, 0.05) is 76.5 Å². The van der Waals surface area contributed by atoms with E-state index in [1.54, 1.807) is 42.0 Å². The molecule has 3 aromatic heterocycles. The van der Waals surface area contributed by atoms with Crippen LogP contribution in [-0.4, -0.2) is 103 Å². The summed E-state index contributed by atoms with van der Waals surface area (Å²) in [5.74, 6) is 2.00. The second kappa shape index (κ2) is 9.91. The van der Waals surface area contributed by atoms with Crippen LogP contribution in [0, 0.1) is 0 Å². The number of ether oxygens (including phenoxy) is 1. The molecule has 0 spiro atoms. The van der Waals surface area contributed by atoms with E-state index in [1.165, 1.54) is 9.18 Å². The first-order valence-electron chi connectivity index (χ1n) is 11.6. The van der Waals surface area contributed by atoms with Crippen molar-refractivity contribution in [3.63, 3.8) is 0 Å². The Labute approximate surface area is 209 Å². The number of anilines is 2. The Morgan fingerprint density at radius 3 is 2.49 bits per heavy atom. The highest BCUT2D eigenvalue weighted by Crippen LogP contribution is 2.35. The normalized spacial score (nSPS) is 18.5. The lowest BCUT2D eigenvalue weighted by Crippen LogP contribution is -2.51. The number of morpholine rings is 1. The van der Waals surface area contributed by atoms with Gasteiger partial charge in [0.1, 0.15) is 5.82 Å². The van der Waals surface area contributed by atoms with Gasteiger partial charge in [-0.3, -0.25) is 4.90 Å². The molecule has 0 atom stereocenters. The molecule has 11 nitrogen and oxygen atoms in total. The van der Waals surface area contributed by atoms with Crippen molar-refractivity contribution in [1.29, 1.82) is 0 Å². The van der Waals surface area contributed by atoms with Crippen LogP contribution in [0.15, 0.2) is 24.4 Å². The van der Waals surface area contributed by atoms with Crippen LogP contribution in [-0.2, 0) is 21.5 Å². The standard InChI is InChI=1S/C22H30N8O3S2/c1-27(2)35(31,32)30-7-5-28(6-8-30)15-17-13-18-20(34-17)22(29-9-11-33-12-10-29)26-21(25-18)16-3-4-19(23)24-14-16/h3-4,13-14H,5-12,15H2,1-2H3,(H2,23,24). The third kappa shape index (κ3) is 5.10. The van der Waals surface area contributed by atoms with Crippen molar-refractivity contribution in [2.45, 2.75) is 6.54 Å². The summed E-state index contributed by atoms with van der Waals surface area (Å²) in [5.41, 5.74) is 7.49. The zero-order valence-corrected chi connectivity index (χ0v) is 21.6. The van der Waals surface area contributed by atoms with E-state index >= 15 is 0 Å². The Hall–Kier alpha value is -2.42. The van der Waals surface area contributed by atoms with Crippen LogP contribution in [0.5, 0.6) is 0 Å². The number of piperazine rings is 1. The lowest BCUT2D eigenvalue weighted by atomic mass is 10.2. The molecule has 0 unspecified atom stereocenters. The Kier molecular flexibility index (Phi) is 6.88. The fourth-order valence-corrected chi connectivity index (χ4v) is 6.51. The molecule has 5 heterocycles. The van der Waals surface area contributed by atoms with E-state index in [0.717, 1.165) is 41.2 Å². The van der Waals surface area contributed by atoms with Gasteiger partial charge in [-0.15, -0.1) is 11.3 Å². The molecule has 0 bridgehead atoms. The number of hydrogen-bond acceptors (Lipinski definition) is 10. The summed E-state index contributed by atoms with van der Waals surface area (Å²) in [7, 11) is -0.233. The molecule has 0 aromatic carbocycles. The van der Waals surface area contributed by atoms with Crippen LogP contribution in [0.2, 0.25) is 0 Å². The molecular weight excluding hydrogens is 488 g/mol. The number of thiophene rings is 1. The molecule has 5 rings (SSSR count). The van der Waals surface area contributed by atoms with Crippen molar-refractivity contribution in [3.05, 3.63) is 29.3 Å². The Morgan fingerprint density at radius 2 is 1.83 bits per heavy atom. The zero-order valence-electron chi connectivity index (χ0n) is 19.9. The number of pyridine rings is 1. The minimum absolute atomic E-state index is 0.458. The Balaban J connectivity index is 1.41. The van der Waals surface area contributed by atoms with Crippen molar-refractivity contribution < 1.29 is 13.2 Å². The molecule has 13 heteroatoms. The number of nitrogens with two attached hydrogens (primary N) is 1. The van der Waals surface area contributed by atoms with Crippen molar-refractivity contribution in [2.24, 2.45) is 0 Å². The summed E-state index contributed by atoms with van der Waals surface area (Å²) < 4.78 is 34.3. The fourth-order valence-electron chi connectivity index (χ4n) is 4.27. The summed E-state index contributed by atoms with van der Waals surface area (Å²) in [6.45, 7) is 5.99. The molecule has 0 saturated carbocycles. The molecule has 0 aliphatic carbocycles. The summed E-state index contributed by atoms with van der Waals surface area (Å²) in [6.07, 6.45) is 1.70. The van der Waals surface area contributed by atoms with Gasteiger partial charge in [0.2, 0.25) is 0 Å². The van der Waals surface area contributed by atoms with Crippen LogP contribution in [0.25, 0.3) is 21.6 Å². The molecule has 2 aliphatic rings. The molecule has 3 aromatic rings. The topological polar surface area (TPSA) is 121 Å². The van der Waals surface area contributed by atoms with E-state index in [-0.39, 0.29) is 0 Å². The minimum atomic E-state index is -3.37. The molecule has 0 radical (unpaired) electrons. The third-order valence-electron chi connectivity index (χ3n) is 6.26. The number of nitrogen functional groups attached to an aromatic ring is 1. The molecule has 2 fully saturated rings. The quantitative estimate of drug-likeness (QED) is 0.511. The SMILES string of the molecule is CN(C)S(=O)(=O)N1CCN(Cc2cc3nc(-c4ccc(N)nc4)nc(N4CCOCC4)c3s2)CC1. The van der Waals surface area contributed by atoms with E-state index in [0.29, 0.717) is 51.0 Å². The molecule has 188 valence electrons. The van der Waals surface area contributed by atoms with Gasteiger partial charge in [-0.1, -0.05) is 0 Å². The second-order valence-corrected chi connectivity index (χ2v) is 12.1. The third-order valence-corrected chi connectivity index (χ3v) is 9.30. The Morgan fingerprint density at radius 1 is 1.09 bits per heavy atom. The smallest absolute Gasteiger partial charge is 0.281 e. The molecular formula is C22H30N8O3S2. The lowest BCUT2D eigenvalue weighted by Gasteiger charge is -2.34. The first kappa shape index (κ1) is 24.3. The van der Waals surface area contributed by atoms with Gasteiger partial charge < -0.3 is 15.4 Å². The zero-order chi connectivity index (χ0) is 24.6. The van der Waals surface area contributed by atoms with Gasteiger partial charge >= 0.3 is 0 Å². The molecule has 2 N–H and O–H groups in total. The van der Waals surface area contributed by atoms with Gasteiger partial charge in [-0.2, -0.15) is 17.0 Å². The molecule has 35 heavy (non-hydrogen) atoms. The van der Waals surface area contributed by atoms with Crippen molar-refractivity contribution in [2.75, 3.05) is 77.2 Å². The van der Waals surface area contributed by atoms with Gasteiger partial charge in [0.15, 0.2) is 11.6 Å². The monoisotopic (exact) mass is 518 g/mol. The molecule has 2 saturated heterocycles. The summed E-state index contributed by atoms with van der Waals surface area (Å²) in [5, 5.41) is 0. The maximum absolute atomic E-state index is 12.4. The van der Waals surface area contributed by atoms with Crippen LogP contribution < -0.4 is 10.6 Å². The first-order chi connectivity index (χ1) is 16.8. The largest absolute Gasteiger partial charge is 0.384 e. The predicted molar refractivity (Wildman–Crippen MR) is 138 cm³/mol. The number of fused-ring (bicyclic) bond motifs is 1. The number of nitrogens with zero attached hydrogens (tertiary/aromatic N) is 7. The molecule has 2 aliphatic heterocycles. The first-order valence-corrected chi connectivity index (χ1v) is 13.8. The predicted octanol–water partition coefficient (Wildman–Crippen LogP) is 1.10. The van der Waals surface area contributed by atoms with Crippen molar-refractivity contribution in [1.82, 2.24) is 28.5 Å². The highest BCUT2D eigenvalue weighted by atomic mass is 32.2. The minimum Gasteiger partial charge on any atom is -0.384 e. The van der Waals surface area contributed by atoms with Crippen LogP contribution in [0.1, 0.15) is 4.88 Å². The van der Waals surface area contributed by atoms with Gasteiger partial charge in [0.25, 0.3) is 10.2 Å². The van der Waals surface area contributed by atoms with E-state index in [2.05, 4.69) is 20.9 Å². The second-order valence-electron chi connectivity index (χ2n) is 8.83. The average molecular weight is 519 g/mol. The van der Waals surface area contributed by atoms with E-state index < -0.39 is 10.2 Å². The summed E-state index contributed by atoms with van der Waals surface area (Å²) in [6, 6.07) is 5.77. The van der Waals surface area contributed by atoms with Crippen LogP contribution in [0.4, 0.5) is 11.6 Å². The highest BCUT2D eigenvalue weighted by molar-refractivity contribution is 7.86. The van der Waals surface area contributed by atoms with Crippen LogP contribution >= 0.6 is 11.3 Å². The van der Waals surface area contributed by atoms with E-state index in [1.807, 2.05) is 6.07 Å². The van der Waals surface area contributed by atoms with Crippen LogP contribution in [0.3, 0.4) is 0 Å². The lowest BCUT2D eigenvalue weighted by molar-refractivity contribution is 0.122. The van der Waals surface area contributed by atoms with Gasteiger partial charge in [-0.25, -0.2) is 15.0 Å². The van der Waals surface area contributed by atoms with Gasteiger partial charge in [0.05, 0.1) is 23.4 Å². The Bertz CT molecular complexity index is 1280. The van der Waals surface area contributed by atoms with Crippen molar-refractivity contribution in [3.8, 4) is 11.4 Å². The van der Waals surface area contributed by atoms with Gasteiger partial charge in [-0.05, 0) is 18.2 Å². The van der Waals surface area contributed by atoms with E-state index in [4.69, 9.17) is 20.4 Å². The van der Waals surface area contributed by atoms with E-state index in [9.17, 15) is 8.42 Å². The number of aromatic nitrogens is 3. The van der Waals surface area contributed by atoms with Crippen molar-refractivity contribution >= 4 is 43.4 Å². The maximum atomic E-state index is 12.4. The summed E-state index contributed by atoms with van der Waals surface area (Å²) in [4.78, 5) is 19.7. The highest BCUT2D eigenvalue weighted by Gasteiger charge is 2.29. The molecule has 0 amide bonds. The summed E-state index contributed by atoms with van der Waals surface area (Å²) >= 11 is 1.70.